The van der Waals surface area contributed by atoms with Crippen molar-refractivity contribution >= 4 is 32.9 Å². The summed E-state index contributed by atoms with van der Waals surface area (Å²) in [6.07, 6.45) is 0. The number of aromatic nitrogens is 4. The Balaban J connectivity index is 1.88. The minimum atomic E-state index is -4.25. The molecule has 13 heteroatoms. The molecule has 2 aromatic heterocycles. The second-order valence-electron chi connectivity index (χ2n) is 6.01. The van der Waals surface area contributed by atoms with Crippen molar-refractivity contribution in [1.82, 2.24) is 24.9 Å². The van der Waals surface area contributed by atoms with Crippen molar-refractivity contribution in [1.29, 1.82) is 0 Å². The fourth-order valence-electron chi connectivity index (χ4n) is 2.64. The van der Waals surface area contributed by atoms with Gasteiger partial charge in [-0.05, 0) is 18.2 Å². The third-order valence-corrected chi connectivity index (χ3v) is 5.24. The van der Waals surface area contributed by atoms with E-state index in [-0.39, 0.29) is 16.8 Å². The first-order valence-corrected chi connectivity index (χ1v) is 10.3. The highest BCUT2D eigenvalue weighted by Crippen LogP contribution is 2.37. The number of hydrogen-bond acceptors (Lipinski definition) is 7. The zero-order valence-corrected chi connectivity index (χ0v) is 17.1. The highest BCUT2D eigenvalue weighted by molar-refractivity contribution is 7.85. The van der Waals surface area contributed by atoms with Crippen LogP contribution in [-0.2, 0) is 10.3 Å². The minimum absolute atomic E-state index is 0.0382. The Hall–Kier alpha value is -3.35. The van der Waals surface area contributed by atoms with Gasteiger partial charge in [-0.25, -0.2) is 8.78 Å². The van der Waals surface area contributed by atoms with Gasteiger partial charge in [0.1, 0.15) is 11.2 Å². The second-order valence-corrected chi connectivity index (χ2v) is 7.90. The van der Waals surface area contributed by atoms with Crippen LogP contribution < -0.4 is 13.6 Å². The Kier molecular flexibility index (Phi) is 5.43. The fraction of sp³-hybridized carbons (Fsp3) is 0.0556. The number of nitrogens with zero attached hydrogens (tertiary/aromatic N) is 3. The molecule has 0 aliphatic carbocycles. The van der Waals surface area contributed by atoms with Crippen LogP contribution in [0.5, 0.6) is 17.6 Å². The molecule has 0 fully saturated rings. The van der Waals surface area contributed by atoms with Crippen molar-refractivity contribution in [3.63, 3.8) is 0 Å². The SMILES string of the molecule is CNS(=O)(=O)Oc1nc(Oc2ccc(F)cc2F)nc2n[nH]c(-c3ccccc3Cl)c12. The first-order chi connectivity index (χ1) is 14.8. The van der Waals surface area contributed by atoms with Crippen LogP contribution in [0.25, 0.3) is 22.3 Å². The summed E-state index contributed by atoms with van der Waals surface area (Å²) in [5.41, 5.74) is 0.741. The lowest BCUT2D eigenvalue weighted by molar-refractivity contribution is 0.400. The van der Waals surface area contributed by atoms with Crippen LogP contribution >= 0.6 is 11.6 Å². The zero-order valence-electron chi connectivity index (χ0n) is 15.6. The molecule has 0 saturated heterocycles. The standard InChI is InChI=1S/C18H12ClF2N5O4S/c1-22-31(27,28)30-17-14-15(10-4-2-3-5-11(10)19)25-26-16(14)23-18(24-17)29-13-7-6-9(20)8-12(13)21/h2-8,22H,1H3,(H,23,24,25,26). The van der Waals surface area contributed by atoms with E-state index in [1.807, 2.05) is 4.72 Å². The summed E-state index contributed by atoms with van der Waals surface area (Å²) < 4.78 is 63.4. The van der Waals surface area contributed by atoms with Gasteiger partial charge in [-0.15, -0.1) is 0 Å². The molecule has 9 nitrogen and oxygen atoms in total. The minimum Gasteiger partial charge on any atom is -0.421 e. The van der Waals surface area contributed by atoms with Crippen LogP contribution in [0.15, 0.2) is 42.5 Å². The molecule has 0 spiro atoms. The van der Waals surface area contributed by atoms with Crippen molar-refractivity contribution < 1.29 is 26.1 Å². The molecule has 0 amide bonds. The number of nitrogens with one attached hydrogen (secondary N) is 2. The van der Waals surface area contributed by atoms with Crippen molar-refractivity contribution in [3.8, 4) is 28.9 Å². The third-order valence-electron chi connectivity index (χ3n) is 4.04. The maximum Gasteiger partial charge on any atom is 0.383 e. The van der Waals surface area contributed by atoms with E-state index < -0.39 is 33.8 Å². The van der Waals surface area contributed by atoms with Gasteiger partial charge >= 0.3 is 16.3 Å². The first-order valence-electron chi connectivity index (χ1n) is 8.54. The van der Waals surface area contributed by atoms with Gasteiger partial charge in [-0.1, -0.05) is 29.8 Å². The predicted molar refractivity (Wildman–Crippen MR) is 107 cm³/mol. The number of hydrogen-bond donors (Lipinski definition) is 2. The molecular weight excluding hydrogens is 456 g/mol. The van der Waals surface area contributed by atoms with Gasteiger partial charge in [0.2, 0.25) is 0 Å². The van der Waals surface area contributed by atoms with Gasteiger partial charge < -0.3 is 8.92 Å². The van der Waals surface area contributed by atoms with Crippen molar-refractivity contribution in [2.75, 3.05) is 7.05 Å². The Morgan fingerprint density at radius 1 is 1.13 bits per heavy atom. The molecule has 0 aliphatic heterocycles. The number of halogens is 3. The average molecular weight is 468 g/mol. The Morgan fingerprint density at radius 3 is 2.61 bits per heavy atom. The quantitative estimate of drug-likeness (QED) is 0.444. The lowest BCUT2D eigenvalue weighted by Gasteiger charge is -2.10. The molecule has 0 aliphatic rings. The molecule has 2 heterocycles. The van der Waals surface area contributed by atoms with E-state index in [1.165, 1.54) is 0 Å². The predicted octanol–water partition coefficient (Wildman–Crippen LogP) is 3.59. The van der Waals surface area contributed by atoms with Gasteiger partial charge in [0.25, 0.3) is 5.88 Å². The summed E-state index contributed by atoms with van der Waals surface area (Å²) in [5.74, 6) is -2.64. The van der Waals surface area contributed by atoms with Crippen LogP contribution in [0.3, 0.4) is 0 Å². The van der Waals surface area contributed by atoms with Crippen molar-refractivity contribution in [3.05, 3.63) is 59.1 Å². The van der Waals surface area contributed by atoms with E-state index >= 15 is 0 Å². The van der Waals surface area contributed by atoms with Gasteiger partial charge in [-0.3, -0.25) is 5.10 Å². The molecule has 0 unspecified atom stereocenters. The monoisotopic (exact) mass is 467 g/mol. The highest BCUT2D eigenvalue weighted by atomic mass is 35.5. The van der Waals surface area contributed by atoms with Gasteiger partial charge in [0.05, 0.1) is 5.69 Å². The van der Waals surface area contributed by atoms with E-state index in [1.54, 1.807) is 24.3 Å². The van der Waals surface area contributed by atoms with Crippen LogP contribution in [0.1, 0.15) is 0 Å². The maximum absolute atomic E-state index is 14.0. The Morgan fingerprint density at radius 2 is 1.90 bits per heavy atom. The summed E-state index contributed by atoms with van der Waals surface area (Å²) in [6, 6.07) is 8.87. The molecule has 0 radical (unpaired) electrons. The van der Waals surface area contributed by atoms with Crippen molar-refractivity contribution in [2.24, 2.45) is 0 Å². The number of rotatable bonds is 6. The second kappa shape index (κ2) is 8.06. The molecule has 31 heavy (non-hydrogen) atoms. The number of fused-ring (bicyclic) bond motifs is 1. The van der Waals surface area contributed by atoms with Crippen LogP contribution in [0.4, 0.5) is 8.78 Å². The third kappa shape index (κ3) is 4.26. The van der Waals surface area contributed by atoms with Gasteiger partial charge in [0, 0.05) is 23.7 Å². The summed E-state index contributed by atoms with van der Waals surface area (Å²) in [6.45, 7) is 0. The lowest BCUT2D eigenvalue weighted by atomic mass is 10.1. The fourth-order valence-corrected chi connectivity index (χ4v) is 3.28. The van der Waals surface area contributed by atoms with Crippen LogP contribution in [-0.4, -0.2) is 35.6 Å². The molecule has 2 N–H and O–H groups in total. The van der Waals surface area contributed by atoms with Crippen LogP contribution in [0, 0.1) is 11.6 Å². The summed E-state index contributed by atoms with van der Waals surface area (Å²) >= 11 is 6.24. The largest absolute Gasteiger partial charge is 0.421 e. The van der Waals surface area contributed by atoms with Crippen LogP contribution in [0.2, 0.25) is 5.02 Å². The topological polar surface area (TPSA) is 119 Å². The molecular formula is C18H12ClF2N5O4S. The summed E-state index contributed by atoms with van der Waals surface area (Å²) in [5, 5.41) is 7.19. The summed E-state index contributed by atoms with van der Waals surface area (Å²) in [7, 11) is -3.11. The van der Waals surface area contributed by atoms with E-state index in [9.17, 15) is 17.2 Å². The molecule has 160 valence electrons. The molecule has 2 aromatic carbocycles. The number of ether oxygens (including phenoxy) is 1. The molecule has 0 bridgehead atoms. The normalized spacial score (nSPS) is 11.6. The van der Waals surface area contributed by atoms with Gasteiger partial charge in [0.15, 0.2) is 17.2 Å². The number of H-pyrrole nitrogens is 1. The number of benzene rings is 2. The van der Waals surface area contributed by atoms with E-state index in [0.717, 1.165) is 19.2 Å². The van der Waals surface area contributed by atoms with Crippen molar-refractivity contribution in [2.45, 2.75) is 0 Å². The number of aromatic amines is 1. The Labute approximate surface area is 179 Å². The van der Waals surface area contributed by atoms with E-state index in [2.05, 4.69) is 20.2 Å². The van der Waals surface area contributed by atoms with E-state index in [0.29, 0.717) is 22.3 Å². The molecule has 4 rings (SSSR count). The highest BCUT2D eigenvalue weighted by Gasteiger charge is 2.23. The van der Waals surface area contributed by atoms with Gasteiger partial charge in [-0.2, -0.15) is 28.2 Å². The first kappa shape index (κ1) is 20.9. The summed E-state index contributed by atoms with van der Waals surface area (Å²) in [4.78, 5) is 7.99. The average Bonchev–Trinajstić information content (AvgIpc) is 3.14. The molecule has 0 atom stereocenters. The molecule has 0 saturated carbocycles. The zero-order chi connectivity index (χ0) is 22.2. The van der Waals surface area contributed by atoms with E-state index in [4.69, 9.17) is 20.5 Å². The maximum atomic E-state index is 14.0. The Bertz CT molecular complexity index is 1400. The molecule has 4 aromatic rings. The smallest absolute Gasteiger partial charge is 0.383 e. The lowest BCUT2D eigenvalue weighted by Crippen LogP contribution is -2.24.